The van der Waals surface area contributed by atoms with E-state index in [1.165, 1.54) is 0 Å². The number of hydrogen-bond donors (Lipinski definition) is 1. The Balaban J connectivity index is 2.30. The van der Waals surface area contributed by atoms with Gasteiger partial charge in [0, 0.05) is 12.3 Å². The van der Waals surface area contributed by atoms with E-state index >= 15 is 0 Å². The van der Waals surface area contributed by atoms with Crippen LogP contribution in [0.1, 0.15) is 89.4 Å². The molecular weight excluding hydrogens is 419 g/mol. The fourth-order valence-electron chi connectivity index (χ4n) is 4.36. The predicted molar refractivity (Wildman–Crippen MR) is 135 cm³/mol. The summed E-state index contributed by atoms with van der Waals surface area (Å²) in [6.07, 6.45) is 9.10. The summed E-state index contributed by atoms with van der Waals surface area (Å²) in [5.41, 5.74) is 0.0899. The summed E-state index contributed by atoms with van der Waals surface area (Å²) >= 11 is 0. The zero-order chi connectivity index (χ0) is 23.6. The van der Waals surface area contributed by atoms with Gasteiger partial charge in [-0.1, -0.05) is 90.5 Å². The standard InChI is InChI=1S/C27H41O4P/c1-5-9-13-21(7-3)19-32(30,20-22(8-4)14-10-6-2)31-27(29)25-17-23-15-11-12-16-24(23)18-26(25)28/h11-12,15-18,21-22,28H,5-10,13-14,19-20H2,1-4H3. The molecule has 5 heteroatoms. The van der Waals surface area contributed by atoms with Gasteiger partial charge in [-0.3, -0.25) is 4.57 Å². The van der Waals surface area contributed by atoms with Crippen LogP contribution >= 0.6 is 7.37 Å². The van der Waals surface area contributed by atoms with E-state index in [4.69, 9.17) is 4.52 Å². The van der Waals surface area contributed by atoms with Gasteiger partial charge < -0.3 is 9.63 Å². The van der Waals surface area contributed by atoms with Crippen LogP contribution in [-0.4, -0.2) is 23.4 Å². The topological polar surface area (TPSA) is 63.6 Å². The van der Waals surface area contributed by atoms with Crippen LogP contribution in [0.15, 0.2) is 36.4 Å². The minimum atomic E-state index is -3.21. The average Bonchev–Trinajstić information content (AvgIpc) is 2.78. The minimum absolute atomic E-state index is 0.0899. The molecule has 2 rings (SSSR count). The van der Waals surface area contributed by atoms with Gasteiger partial charge in [0.2, 0.25) is 0 Å². The van der Waals surface area contributed by atoms with Crippen molar-refractivity contribution in [3.05, 3.63) is 42.0 Å². The first kappa shape index (κ1) is 26.5. The molecule has 0 bridgehead atoms. The van der Waals surface area contributed by atoms with Crippen LogP contribution in [0.3, 0.4) is 0 Å². The Kier molecular flexibility index (Phi) is 10.8. The van der Waals surface area contributed by atoms with E-state index < -0.39 is 13.3 Å². The Hall–Kier alpha value is -1.80. The fourth-order valence-corrected chi connectivity index (χ4v) is 7.52. The Morgan fingerprint density at radius 2 is 1.41 bits per heavy atom. The van der Waals surface area contributed by atoms with Crippen molar-refractivity contribution in [2.45, 2.75) is 79.1 Å². The number of rotatable bonds is 14. The van der Waals surface area contributed by atoms with Gasteiger partial charge in [0.1, 0.15) is 11.3 Å². The molecule has 0 fully saturated rings. The van der Waals surface area contributed by atoms with E-state index in [0.29, 0.717) is 12.3 Å². The lowest BCUT2D eigenvalue weighted by atomic mass is 10.0. The number of carbonyl (C=O) groups is 1. The van der Waals surface area contributed by atoms with Gasteiger partial charge in [-0.25, -0.2) is 4.79 Å². The molecular formula is C27H41O4P. The number of phenols is 1. The van der Waals surface area contributed by atoms with Gasteiger partial charge >= 0.3 is 5.97 Å². The molecule has 4 nitrogen and oxygen atoms in total. The first-order valence-corrected chi connectivity index (χ1v) is 14.4. The second kappa shape index (κ2) is 13.0. The van der Waals surface area contributed by atoms with Crippen LogP contribution < -0.4 is 0 Å². The Bertz CT molecular complexity index is 886. The number of benzene rings is 2. The van der Waals surface area contributed by atoms with Gasteiger partial charge in [0.05, 0.1) is 0 Å². The Morgan fingerprint density at radius 3 is 1.88 bits per heavy atom. The highest BCUT2D eigenvalue weighted by molar-refractivity contribution is 7.59. The number of fused-ring (bicyclic) bond motifs is 1. The van der Waals surface area contributed by atoms with E-state index in [9.17, 15) is 14.5 Å². The van der Waals surface area contributed by atoms with E-state index in [-0.39, 0.29) is 23.1 Å². The summed E-state index contributed by atoms with van der Waals surface area (Å²) < 4.78 is 19.9. The fraction of sp³-hybridized carbons (Fsp3) is 0.593. The molecule has 0 spiro atoms. The van der Waals surface area contributed by atoms with Gasteiger partial charge in [0.15, 0.2) is 0 Å². The second-order valence-corrected chi connectivity index (χ2v) is 11.6. The molecule has 0 amide bonds. The van der Waals surface area contributed by atoms with E-state index in [0.717, 1.165) is 62.1 Å². The number of unbranched alkanes of at least 4 members (excludes halogenated alkanes) is 2. The molecule has 2 atom stereocenters. The van der Waals surface area contributed by atoms with Crippen molar-refractivity contribution < 1.29 is 19.0 Å². The van der Waals surface area contributed by atoms with Gasteiger partial charge in [-0.05, 0) is 47.6 Å². The summed E-state index contributed by atoms with van der Waals surface area (Å²) in [6, 6.07) is 10.8. The second-order valence-electron chi connectivity index (χ2n) is 9.11. The third kappa shape index (κ3) is 7.66. The van der Waals surface area contributed by atoms with Crippen molar-refractivity contribution >= 4 is 24.1 Å². The van der Waals surface area contributed by atoms with Crippen molar-refractivity contribution in [1.82, 2.24) is 0 Å². The monoisotopic (exact) mass is 460 g/mol. The molecule has 178 valence electrons. The molecule has 0 aromatic heterocycles. The minimum Gasteiger partial charge on any atom is -0.507 e. The summed E-state index contributed by atoms with van der Waals surface area (Å²) in [4.78, 5) is 13.1. The third-order valence-electron chi connectivity index (χ3n) is 6.49. The van der Waals surface area contributed by atoms with Crippen molar-refractivity contribution in [2.75, 3.05) is 12.3 Å². The van der Waals surface area contributed by atoms with Crippen molar-refractivity contribution in [1.29, 1.82) is 0 Å². The molecule has 32 heavy (non-hydrogen) atoms. The molecule has 2 aromatic rings. The normalized spacial score (nSPS) is 15.2. The molecule has 1 N–H and O–H groups in total. The molecule has 0 radical (unpaired) electrons. The Labute approximate surface area is 194 Å². The first-order chi connectivity index (χ1) is 15.4. The summed E-state index contributed by atoms with van der Waals surface area (Å²) in [6.45, 7) is 8.56. The van der Waals surface area contributed by atoms with Crippen molar-refractivity contribution in [2.24, 2.45) is 11.8 Å². The van der Waals surface area contributed by atoms with Crippen molar-refractivity contribution in [3.8, 4) is 5.75 Å². The zero-order valence-electron chi connectivity index (χ0n) is 20.3. The molecule has 0 aliphatic rings. The van der Waals surface area contributed by atoms with Gasteiger partial charge in [0.25, 0.3) is 7.37 Å². The molecule has 0 aliphatic heterocycles. The largest absolute Gasteiger partial charge is 0.507 e. The van der Waals surface area contributed by atoms with E-state index in [2.05, 4.69) is 27.7 Å². The van der Waals surface area contributed by atoms with E-state index in [1.807, 2.05) is 24.3 Å². The van der Waals surface area contributed by atoms with Crippen LogP contribution in [0, 0.1) is 11.8 Å². The van der Waals surface area contributed by atoms with Crippen molar-refractivity contribution in [3.63, 3.8) is 0 Å². The molecule has 0 heterocycles. The summed E-state index contributed by atoms with van der Waals surface area (Å²) in [5, 5.41) is 12.2. The number of phenolic OH excluding ortho intramolecular Hbond substituents is 1. The number of carbonyl (C=O) groups excluding carboxylic acids is 1. The summed E-state index contributed by atoms with van der Waals surface area (Å²) in [7, 11) is -3.21. The summed E-state index contributed by atoms with van der Waals surface area (Å²) in [5.74, 6) is -0.242. The maximum atomic E-state index is 14.1. The highest BCUT2D eigenvalue weighted by Crippen LogP contribution is 2.53. The maximum Gasteiger partial charge on any atom is 0.346 e. The average molecular weight is 461 g/mol. The van der Waals surface area contributed by atoms with Gasteiger partial charge in [-0.15, -0.1) is 0 Å². The van der Waals surface area contributed by atoms with Crippen LogP contribution in [0.4, 0.5) is 0 Å². The highest BCUT2D eigenvalue weighted by Gasteiger charge is 2.34. The number of aromatic hydroxyl groups is 1. The zero-order valence-corrected chi connectivity index (χ0v) is 21.2. The lowest BCUT2D eigenvalue weighted by Gasteiger charge is -2.27. The van der Waals surface area contributed by atoms with Gasteiger partial charge in [-0.2, -0.15) is 0 Å². The molecule has 0 saturated heterocycles. The van der Waals surface area contributed by atoms with Crippen LogP contribution in [0.25, 0.3) is 10.8 Å². The maximum absolute atomic E-state index is 14.1. The smallest absolute Gasteiger partial charge is 0.346 e. The lowest BCUT2D eigenvalue weighted by Crippen LogP contribution is -2.17. The molecule has 2 aromatic carbocycles. The third-order valence-corrected chi connectivity index (χ3v) is 9.14. The van der Waals surface area contributed by atoms with E-state index in [1.54, 1.807) is 12.1 Å². The lowest BCUT2D eigenvalue weighted by molar-refractivity contribution is 0.0735. The molecule has 0 saturated carbocycles. The molecule has 0 aliphatic carbocycles. The van der Waals surface area contributed by atoms with Crippen LogP contribution in [-0.2, 0) is 9.09 Å². The Morgan fingerprint density at radius 1 is 0.906 bits per heavy atom. The number of hydrogen-bond acceptors (Lipinski definition) is 4. The van der Waals surface area contributed by atoms with Crippen LogP contribution in [0.2, 0.25) is 0 Å². The van der Waals surface area contributed by atoms with Crippen LogP contribution in [0.5, 0.6) is 5.75 Å². The first-order valence-electron chi connectivity index (χ1n) is 12.4. The molecule has 2 unspecified atom stereocenters. The SMILES string of the molecule is CCCCC(CC)CP(=O)(CC(CC)CCCC)OC(=O)c1cc2ccccc2cc1O. The quantitative estimate of drug-likeness (QED) is 0.287. The highest BCUT2D eigenvalue weighted by atomic mass is 31.2. The predicted octanol–water partition coefficient (Wildman–Crippen LogP) is 8.41.